The van der Waals surface area contributed by atoms with E-state index in [4.69, 9.17) is 59.9 Å². The summed E-state index contributed by atoms with van der Waals surface area (Å²) in [5.74, 6) is 7.86. The SMILES string of the molecule is C.C.CC.CC.CC.CC.CC.CC.CC.CC.c1ccc2c(c1)C1=NC2=NC2=NC(=Nc3c4ccccc4c4n3Cn3c(c5ccccc5c3=N4)=N1)c1cccnc12.c1ccc2c(c1)C1=NC3=NC(=Nc4c5ccccc5c5n4Cn4c(c6ccccc6c4=N5)=NC2=N1)c1ccncc13. The van der Waals surface area contributed by atoms with Gasteiger partial charge in [0, 0.05) is 101 Å². The summed E-state index contributed by atoms with van der Waals surface area (Å²) in [5.41, 5.74) is 10.3. The van der Waals surface area contributed by atoms with Gasteiger partial charge in [-0.1, -0.05) is 271 Å². The van der Waals surface area contributed by atoms with Gasteiger partial charge in [-0.3, -0.25) is 28.2 Å². The molecular weight excluding hydrogens is 1240 g/mol. The number of aromatic nitrogens is 6. The fraction of sp³-hybridized carbons (Fsp3) is 0.244. The molecule has 0 radical (unpaired) electrons. The minimum absolute atomic E-state index is 0. The normalized spacial score (nSPS) is 13.4. The lowest BCUT2D eigenvalue weighted by Crippen LogP contribution is -2.33. The molecule has 12 aromatic rings. The van der Waals surface area contributed by atoms with E-state index in [1.807, 2.05) is 226 Å². The van der Waals surface area contributed by atoms with Gasteiger partial charge in [-0.15, -0.1) is 0 Å². The summed E-state index contributed by atoms with van der Waals surface area (Å²) in [6.45, 7) is 33.0. The number of amidine groups is 8. The van der Waals surface area contributed by atoms with Crippen molar-refractivity contribution in [3.8, 4) is 0 Å². The van der Waals surface area contributed by atoms with E-state index in [2.05, 4.69) is 76.8 Å². The highest BCUT2D eigenvalue weighted by Gasteiger charge is 2.33. The van der Waals surface area contributed by atoms with Crippen LogP contribution in [-0.2, 0) is 13.3 Å². The Morgan fingerprint density at radius 3 is 0.890 bits per heavy atom. The summed E-state index contributed by atoms with van der Waals surface area (Å²) >= 11 is 0. The third-order valence-corrected chi connectivity index (χ3v) is 16.2. The van der Waals surface area contributed by atoms with Crippen LogP contribution in [0.2, 0.25) is 0 Å². The minimum atomic E-state index is 0. The van der Waals surface area contributed by atoms with Crippen molar-refractivity contribution >= 4 is 113 Å². The molecule has 18 nitrogen and oxygen atoms in total. The Hall–Kier alpha value is -11.7. The number of fused-ring (bicyclic) bond motifs is 28. The zero-order valence-electron chi connectivity index (χ0n) is 58.8. The quantitative estimate of drug-likeness (QED) is 0.146. The monoisotopic (exact) mass is 1330 g/mol. The van der Waals surface area contributed by atoms with Gasteiger partial charge in [-0.25, -0.2) is 59.9 Å². The molecule has 14 heterocycles. The van der Waals surface area contributed by atoms with Crippen molar-refractivity contribution in [3.05, 3.63) is 249 Å². The second kappa shape index (κ2) is 32.1. The molecule has 0 saturated carbocycles. The molecule has 0 aliphatic carbocycles. The van der Waals surface area contributed by atoms with Crippen molar-refractivity contribution in [2.24, 2.45) is 59.9 Å². The molecule has 6 aromatic carbocycles. The predicted molar refractivity (Wildman–Crippen MR) is 420 cm³/mol. The molecule has 20 rings (SSSR count). The van der Waals surface area contributed by atoms with Crippen LogP contribution < -0.4 is 22.0 Å². The summed E-state index contributed by atoms with van der Waals surface area (Å²) in [4.78, 5) is 70.0. The molecule has 0 fully saturated rings. The average Bonchev–Trinajstić information content (AvgIpc) is 1.57. The van der Waals surface area contributed by atoms with E-state index in [0.717, 1.165) is 127 Å². The molecule has 508 valence electrons. The Bertz CT molecular complexity index is 5250. The highest BCUT2D eigenvalue weighted by molar-refractivity contribution is 6.31. The second-order valence-electron chi connectivity index (χ2n) is 20.6. The third kappa shape index (κ3) is 12.1. The predicted octanol–water partition coefficient (Wildman–Crippen LogP) is 18.4. The topological polar surface area (TPSA) is 194 Å². The molecule has 0 unspecified atom stereocenters. The van der Waals surface area contributed by atoms with Crippen molar-refractivity contribution in [2.75, 3.05) is 0 Å². The van der Waals surface area contributed by atoms with Gasteiger partial charge < -0.3 is 0 Å². The molecule has 0 amide bonds. The van der Waals surface area contributed by atoms with Gasteiger partial charge >= 0.3 is 0 Å². The van der Waals surface area contributed by atoms with Crippen molar-refractivity contribution in [1.82, 2.24) is 28.2 Å². The first kappa shape index (κ1) is 72.6. The van der Waals surface area contributed by atoms with Crippen LogP contribution in [0.5, 0.6) is 0 Å². The van der Waals surface area contributed by atoms with Gasteiger partial charge in [0.2, 0.25) is 0 Å². The Kier molecular flexibility index (Phi) is 23.3. The maximum atomic E-state index is 5.26. The molecule has 8 aliphatic rings. The van der Waals surface area contributed by atoms with Gasteiger partial charge in [0.05, 0.1) is 0 Å². The van der Waals surface area contributed by atoms with Crippen LogP contribution in [0, 0.1) is 0 Å². The molecule has 0 spiro atoms. The lowest BCUT2D eigenvalue weighted by atomic mass is 10.1. The van der Waals surface area contributed by atoms with E-state index >= 15 is 0 Å². The lowest BCUT2D eigenvalue weighted by Gasteiger charge is -2.15. The maximum absolute atomic E-state index is 5.26. The molecule has 0 atom stereocenters. The fourth-order valence-electron chi connectivity index (χ4n) is 12.5. The molecule has 100 heavy (non-hydrogen) atoms. The van der Waals surface area contributed by atoms with E-state index in [-0.39, 0.29) is 14.9 Å². The highest BCUT2D eigenvalue weighted by Crippen LogP contribution is 2.42. The highest BCUT2D eigenvalue weighted by atomic mass is 15.3. The summed E-state index contributed by atoms with van der Waals surface area (Å²) in [6, 6.07) is 55.1. The molecule has 12 bridgehead atoms. The summed E-state index contributed by atoms with van der Waals surface area (Å²) in [5, 5.41) is 8.25. The van der Waals surface area contributed by atoms with Gasteiger partial charge in [0.15, 0.2) is 46.7 Å². The van der Waals surface area contributed by atoms with E-state index < -0.39 is 0 Å². The average molecular weight is 1330 g/mol. The van der Waals surface area contributed by atoms with E-state index in [1.54, 1.807) is 18.6 Å². The lowest BCUT2D eigenvalue weighted by molar-refractivity contribution is 0.561. The van der Waals surface area contributed by atoms with Crippen LogP contribution in [0.1, 0.15) is 170 Å². The van der Waals surface area contributed by atoms with Crippen molar-refractivity contribution in [3.63, 3.8) is 0 Å². The number of aliphatic imine (C=N–C) groups is 8. The summed E-state index contributed by atoms with van der Waals surface area (Å²) in [6.07, 6.45) is 5.31. The van der Waals surface area contributed by atoms with E-state index in [1.165, 1.54) is 0 Å². The van der Waals surface area contributed by atoms with Gasteiger partial charge in [0.25, 0.3) is 0 Å². The van der Waals surface area contributed by atoms with E-state index in [9.17, 15) is 0 Å². The summed E-state index contributed by atoms with van der Waals surface area (Å²) < 4.78 is 8.62. The number of hydrogen-bond donors (Lipinski definition) is 0. The Labute approximate surface area is 586 Å². The first-order valence-corrected chi connectivity index (χ1v) is 34.7. The number of nitrogens with zero attached hydrogens (tertiary/aromatic N) is 18. The number of pyridine rings is 2. The van der Waals surface area contributed by atoms with Crippen LogP contribution >= 0.6 is 0 Å². The van der Waals surface area contributed by atoms with Crippen LogP contribution in [0.3, 0.4) is 0 Å². The minimum Gasteiger partial charge on any atom is -0.291 e. The van der Waals surface area contributed by atoms with Crippen LogP contribution in [0.15, 0.2) is 242 Å². The Morgan fingerprint density at radius 2 is 0.500 bits per heavy atom. The van der Waals surface area contributed by atoms with E-state index in [0.29, 0.717) is 65.7 Å². The third-order valence-electron chi connectivity index (χ3n) is 16.2. The molecule has 8 aliphatic heterocycles. The largest absolute Gasteiger partial charge is 0.291 e. The zero-order chi connectivity index (χ0) is 69.3. The molecule has 6 aromatic heterocycles. The molecule has 18 heteroatoms. The first-order valence-electron chi connectivity index (χ1n) is 34.7. The second-order valence-corrected chi connectivity index (χ2v) is 20.6. The first-order chi connectivity index (χ1) is 48.6. The number of rotatable bonds is 0. The van der Waals surface area contributed by atoms with Gasteiger partial charge in [-0.05, 0) is 18.2 Å². The van der Waals surface area contributed by atoms with Gasteiger partial charge in [0.1, 0.15) is 64.3 Å². The Balaban J connectivity index is 0.000000192. The van der Waals surface area contributed by atoms with Crippen LogP contribution in [0.4, 0.5) is 23.3 Å². The number of benzene rings is 6. The molecule has 0 saturated heterocycles. The Morgan fingerprint density at radius 1 is 0.230 bits per heavy atom. The zero-order valence-corrected chi connectivity index (χ0v) is 58.8. The van der Waals surface area contributed by atoms with Crippen LogP contribution in [-0.4, -0.2) is 74.9 Å². The maximum Gasteiger partial charge on any atom is 0.183 e. The van der Waals surface area contributed by atoms with Gasteiger partial charge in [-0.2, -0.15) is 0 Å². The molecule has 0 N–H and O–H groups in total. The van der Waals surface area contributed by atoms with Crippen molar-refractivity contribution in [2.45, 2.75) is 139 Å². The summed E-state index contributed by atoms with van der Waals surface area (Å²) in [7, 11) is 0. The molecular formula is C82H90N18. The van der Waals surface area contributed by atoms with Crippen molar-refractivity contribution < 1.29 is 0 Å². The standard InChI is InChI=1S/2C32H17N9.8C2H6.2CH4/c1-2-9-18-17(8-1)25-34-26(18)37-29-19-10-3-5-12-21(19)31-39-32-22-13-6-4-11-20(22)30(41(32)16-40(29)31)38-27-23-14-7-15-33-24(23)28(35-25)36-27;1-2-8-18-17(7-1)25-34-26(18)37-29-20-9-3-5-11-22(20)31-39-32-23-12-6-4-10-21(23)30(41(32)16-40(29)31)38-27-19-13-14-33-15-24(19)28(35-25)36-27;8*1-2;;/h2*1-15H,16H2;8*1-2H3;2*1H4. The number of hydrogen-bond acceptors (Lipinski definition) is 14. The fourth-order valence-corrected chi connectivity index (χ4v) is 12.5. The van der Waals surface area contributed by atoms with Crippen LogP contribution in [0.25, 0.3) is 43.1 Å². The van der Waals surface area contributed by atoms with Crippen molar-refractivity contribution in [1.29, 1.82) is 0 Å². The smallest absolute Gasteiger partial charge is 0.183 e.